The largest absolute Gasteiger partial charge is 0.492 e. The second kappa shape index (κ2) is 6.20. The Kier molecular flexibility index (Phi) is 4.07. The topological polar surface area (TPSA) is 59.0 Å². The van der Waals surface area contributed by atoms with Crippen LogP contribution in [-0.2, 0) is 10.3 Å². The average Bonchev–Trinajstić information content (AvgIpc) is 3.15. The fourth-order valence-electron chi connectivity index (χ4n) is 3.70. The van der Waals surface area contributed by atoms with Crippen molar-refractivity contribution in [2.75, 3.05) is 26.3 Å². The standard InChI is InChI=1S/C20H19F2NO4/c1-19(21,22)20(25)16-5-3-2-4-14(16)15-7-6-13(12-17(15)20)26-10-8-23-9-11-27-18(23)24/h2-7,12,25H,8-11H2,1H3. The molecule has 1 N–H and O–H groups in total. The molecule has 1 heterocycles. The van der Waals surface area contributed by atoms with Gasteiger partial charge in [-0.05, 0) is 23.3 Å². The van der Waals surface area contributed by atoms with E-state index in [0.29, 0.717) is 43.5 Å². The van der Waals surface area contributed by atoms with E-state index in [9.17, 15) is 18.7 Å². The lowest BCUT2D eigenvalue weighted by Gasteiger charge is -2.32. The molecule has 1 aliphatic heterocycles. The summed E-state index contributed by atoms with van der Waals surface area (Å²) in [7, 11) is 0. The first-order valence-electron chi connectivity index (χ1n) is 8.71. The Morgan fingerprint density at radius 1 is 1.22 bits per heavy atom. The minimum atomic E-state index is -3.38. The highest BCUT2D eigenvalue weighted by Gasteiger charge is 2.56. The zero-order valence-corrected chi connectivity index (χ0v) is 14.7. The maximum atomic E-state index is 14.5. The maximum absolute atomic E-state index is 14.5. The number of nitrogens with zero attached hydrogens (tertiary/aromatic N) is 1. The highest BCUT2D eigenvalue weighted by Crippen LogP contribution is 2.54. The summed E-state index contributed by atoms with van der Waals surface area (Å²) in [6.45, 7) is 2.11. The van der Waals surface area contributed by atoms with Gasteiger partial charge >= 0.3 is 6.09 Å². The summed E-state index contributed by atoms with van der Waals surface area (Å²) in [5.74, 6) is -3.02. The second-order valence-electron chi connectivity index (χ2n) is 6.80. The van der Waals surface area contributed by atoms with Gasteiger partial charge in [-0.2, -0.15) is 0 Å². The zero-order valence-electron chi connectivity index (χ0n) is 14.7. The zero-order chi connectivity index (χ0) is 19.2. The first-order chi connectivity index (χ1) is 12.8. The molecule has 7 heteroatoms. The van der Waals surface area contributed by atoms with Crippen molar-refractivity contribution >= 4 is 6.09 Å². The Balaban J connectivity index is 1.62. The molecule has 0 aromatic heterocycles. The maximum Gasteiger partial charge on any atom is 0.410 e. The molecule has 1 unspecified atom stereocenters. The molecule has 142 valence electrons. The van der Waals surface area contributed by atoms with Gasteiger partial charge in [0, 0.05) is 18.1 Å². The summed E-state index contributed by atoms with van der Waals surface area (Å²) in [5, 5.41) is 11.0. The van der Waals surface area contributed by atoms with Gasteiger partial charge in [-0.3, -0.25) is 0 Å². The Morgan fingerprint density at radius 2 is 1.96 bits per heavy atom. The second-order valence-corrected chi connectivity index (χ2v) is 6.80. The van der Waals surface area contributed by atoms with Gasteiger partial charge in [0.05, 0.1) is 13.1 Å². The van der Waals surface area contributed by atoms with Crippen molar-refractivity contribution in [2.45, 2.75) is 18.4 Å². The highest BCUT2D eigenvalue weighted by atomic mass is 19.3. The molecule has 0 spiro atoms. The van der Waals surface area contributed by atoms with E-state index in [0.717, 1.165) is 0 Å². The van der Waals surface area contributed by atoms with Crippen LogP contribution in [0.5, 0.6) is 5.75 Å². The lowest BCUT2D eigenvalue weighted by atomic mass is 9.86. The van der Waals surface area contributed by atoms with Crippen LogP contribution in [0, 0.1) is 0 Å². The van der Waals surface area contributed by atoms with Crippen molar-refractivity contribution in [1.29, 1.82) is 0 Å². The van der Waals surface area contributed by atoms with Crippen molar-refractivity contribution in [3.63, 3.8) is 0 Å². The summed E-state index contributed by atoms with van der Waals surface area (Å²) in [5.41, 5.74) is -0.969. The molecular weight excluding hydrogens is 356 g/mol. The van der Waals surface area contributed by atoms with Gasteiger partial charge < -0.3 is 19.5 Å². The molecule has 0 radical (unpaired) electrons. The van der Waals surface area contributed by atoms with Crippen LogP contribution in [0.15, 0.2) is 42.5 Å². The Morgan fingerprint density at radius 3 is 2.67 bits per heavy atom. The molecule has 2 aromatic rings. The minimum Gasteiger partial charge on any atom is -0.492 e. The van der Waals surface area contributed by atoms with Gasteiger partial charge in [0.15, 0.2) is 5.60 Å². The van der Waals surface area contributed by atoms with Crippen molar-refractivity contribution < 1.29 is 28.2 Å². The van der Waals surface area contributed by atoms with Crippen LogP contribution in [-0.4, -0.2) is 48.3 Å². The van der Waals surface area contributed by atoms with E-state index in [1.165, 1.54) is 17.0 Å². The summed E-state index contributed by atoms with van der Waals surface area (Å²) in [4.78, 5) is 12.9. The predicted molar refractivity (Wildman–Crippen MR) is 93.9 cm³/mol. The third kappa shape index (κ3) is 2.73. The van der Waals surface area contributed by atoms with Crippen LogP contribution in [0.4, 0.5) is 13.6 Å². The van der Waals surface area contributed by atoms with Crippen LogP contribution < -0.4 is 4.74 Å². The number of carbonyl (C=O) groups is 1. The van der Waals surface area contributed by atoms with Crippen LogP contribution in [0.3, 0.4) is 0 Å². The number of ether oxygens (including phenoxy) is 2. The van der Waals surface area contributed by atoms with Crippen molar-refractivity contribution in [1.82, 2.24) is 4.90 Å². The average molecular weight is 375 g/mol. The van der Waals surface area contributed by atoms with Crippen LogP contribution in [0.1, 0.15) is 18.1 Å². The van der Waals surface area contributed by atoms with Gasteiger partial charge in [0.25, 0.3) is 5.92 Å². The lowest BCUT2D eigenvalue weighted by molar-refractivity contribution is -0.148. The summed E-state index contributed by atoms with van der Waals surface area (Å²) in [6, 6.07) is 11.4. The number of benzene rings is 2. The van der Waals surface area contributed by atoms with E-state index in [-0.39, 0.29) is 23.8 Å². The number of hydrogen-bond donors (Lipinski definition) is 1. The number of amides is 1. The molecule has 1 atom stereocenters. The van der Waals surface area contributed by atoms with Gasteiger partial charge in [-0.15, -0.1) is 0 Å². The summed E-state index contributed by atoms with van der Waals surface area (Å²) < 4.78 is 39.4. The fraction of sp³-hybridized carbons (Fsp3) is 0.350. The van der Waals surface area contributed by atoms with Crippen molar-refractivity contribution in [3.8, 4) is 16.9 Å². The SMILES string of the molecule is CC(F)(F)C1(O)c2ccccc2-c2ccc(OCCN3CCOC3=O)cc21. The molecule has 2 aliphatic rings. The number of cyclic esters (lactones) is 1. The van der Waals surface area contributed by atoms with E-state index < -0.39 is 11.5 Å². The predicted octanol–water partition coefficient (Wildman–Crippen LogP) is 3.39. The molecular formula is C20H19F2NO4. The van der Waals surface area contributed by atoms with E-state index in [1.54, 1.807) is 30.3 Å². The van der Waals surface area contributed by atoms with Gasteiger partial charge in [-0.1, -0.05) is 30.3 Å². The first kappa shape index (κ1) is 17.7. The third-order valence-corrected chi connectivity index (χ3v) is 5.10. The van der Waals surface area contributed by atoms with E-state index in [2.05, 4.69) is 0 Å². The number of carbonyl (C=O) groups excluding carboxylic acids is 1. The normalized spacial score (nSPS) is 21.0. The highest BCUT2D eigenvalue weighted by molar-refractivity contribution is 5.81. The third-order valence-electron chi connectivity index (χ3n) is 5.10. The Bertz CT molecular complexity index is 896. The molecule has 0 saturated carbocycles. The van der Waals surface area contributed by atoms with Gasteiger partial charge in [0.2, 0.25) is 0 Å². The molecule has 27 heavy (non-hydrogen) atoms. The van der Waals surface area contributed by atoms with E-state index in [1.807, 2.05) is 0 Å². The molecule has 1 fully saturated rings. The molecule has 1 aliphatic carbocycles. The molecule has 0 bridgehead atoms. The molecule has 1 saturated heterocycles. The summed E-state index contributed by atoms with van der Waals surface area (Å²) in [6.07, 6.45) is -0.386. The van der Waals surface area contributed by atoms with Crippen LogP contribution in [0.2, 0.25) is 0 Å². The number of fused-ring (bicyclic) bond motifs is 3. The smallest absolute Gasteiger partial charge is 0.410 e. The van der Waals surface area contributed by atoms with Gasteiger partial charge in [-0.25, -0.2) is 13.6 Å². The number of alkyl halides is 2. The number of aliphatic hydroxyl groups is 1. The Hall–Kier alpha value is -2.67. The van der Waals surface area contributed by atoms with Gasteiger partial charge in [0.1, 0.15) is 19.0 Å². The van der Waals surface area contributed by atoms with E-state index in [4.69, 9.17) is 9.47 Å². The number of halogens is 2. The number of hydrogen-bond acceptors (Lipinski definition) is 4. The summed E-state index contributed by atoms with van der Waals surface area (Å²) >= 11 is 0. The molecule has 2 aromatic carbocycles. The first-order valence-corrected chi connectivity index (χ1v) is 8.71. The number of rotatable bonds is 5. The molecule has 5 nitrogen and oxygen atoms in total. The van der Waals surface area contributed by atoms with E-state index >= 15 is 0 Å². The van der Waals surface area contributed by atoms with Crippen LogP contribution in [0.25, 0.3) is 11.1 Å². The van der Waals surface area contributed by atoms with Crippen molar-refractivity contribution in [2.24, 2.45) is 0 Å². The lowest BCUT2D eigenvalue weighted by Crippen LogP contribution is -2.42. The Labute approximate surface area is 155 Å². The minimum absolute atomic E-state index is 0.120. The molecule has 4 rings (SSSR count). The monoisotopic (exact) mass is 375 g/mol. The molecule has 1 amide bonds. The quantitative estimate of drug-likeness (QED) is 0.870. The fourth-order valence-corrected chi connectivity index (χ4v) is 3.70. The van der Waals surface area contributed by atoms with Crippen molar-refractivity contribution in [3.05, 3.63) is 53.6 Å². The van der Waals surface area contributed by atoms with Crippen LogP contribution >= 0.6 is 0 Å².